The Kier molecular flexibility index (Phi) is 5.26. The Labute approximate surface area is 98.4 Å². The SMILES string of the molecule is CC.Cc1cc(N2CCOCC2)cc(C)n1. The molecule has 2 rings (SSSR count). The fourth-order valence-corrected chi connectivity index (χ4v) is 1.82. The highest BCUT2D eigenvalue weighted by Gasteiger charge is 2.11. The van der Waals surface area contributed by atoms with E-state index >= 15 is 0 Å². The second-order valence-corrected chi connectivity index (χ2v) is 3.71. The van der Waals surface area contributed by atoms with E-state index < -0.39 is 0 Å². The topological polar surface area (TPSA) is 25.4 Å². The van der Waals surface area contributed by atoms with Gasteiger partial charge in [-0.05, 0) is 26.0 Å². The lowest BCUT2D eigenvalue weighted by Gasteiger charge is -2.29. The third-order valence-corrected chi connectivity index (χ3v) is 2.44. The Morgan fingerprint density at radius 2 is 1.56 bits per heavy atom. The van der Waals surface area contributed by atoms with Gasteiger partial charge >= 0.3 is 0 Å². The van der Waals surface area contributed by atoms with E-state index in [0.29, 0.717) is 0 Å². The molecule has 0 N–H and O–H groups in total. The van der Waals surface area contributed by atoms with Crippen molar-refractivity contribution in [2.24, 2.45) is 0 Å². The lowest BCUT2D eigenvalue weighted by atomic mass is 10.2. The van der Waals surface area contributed by atoms with Crippen LogP contribution in [0.25, 0.3) is 0 Å². The zero-order chi connectivity index (χ0) is 12.0. The number of ether oxygens (including phenoxy) is 1. The molecular formula is C13H22N2O. The molecule has 2 heterocycles. The first-order valence-corrected chi connectivity index (χ1v) is 6.04. The number of hydrogen-bond acceptors (Lipinski definition) is 3. The maximum Gasteiger partial charge on any atom is 0.0642 e. The zero-order valence-corrected chi connectivity index (χ0v) is 10.8. The average Bonchev–Trinajstić information content (AvgIpc) is 2.32. The van der Waals surface area contributed by atoms with Crippen molar-refractivity contribution in [3.05, 3.63) is 23.5 Å². The molecule has 0 amide bonds. The Morgan fingerprint density at radius 1 is 1.06 bits per heavy atom. The maximum absolute atomic E-state index is 5.32. The molecule has 1 fully saturated rings. The van der Waals surface area contributed by atoms with Crippen LogP contribution >= 0.6 is 0 Å². The molecular weight excluding hydrogens is 200 g/mol. The summed E-state index contributed by atoms with van der Waals surface area (Å²) in [5.41, 5.74) is 3.45. The van der Waals surface area contributed by atoms with E-state index in [1.807, 2.05) is 27.7 Å². The number of nitrogens with zero attached hydrogens (tertiary/aromatic N) is 2. The molecule has 0 aliphatic carbocycles. The Hall–Kier alpha value is -1.09. The second-order valence-electron chi connectivity index (χ2n) is 3.71. The standard InChI is InChI=1S/C11H16N2O.C2H6/c1-9-7-11(8-10(2)12-9)13-3-5-14-6-4-13;1-2/h7-8H,3-6H2,1-2H3;1-2H3. The van der Waals surface area contributed by atoms with Gasteiger partial charge in [-0.25, -0.2) is 0 Å². The number of aromatic nitrogens is 1. The fraction of sp³-hybridized carbons (Fsp3) is 0.615. The quantitative estimate of drug-likeness (QED) is 0.730. The number of hydrogen-bond donors (Lipinski definition) is 0. The Bertz CT molecular complexity index is 299. The van der Waals surface area contributed by atoms with Crippen molar-refractivity contribution >= 4 is 5.69 Å². The molecule has 0 spiro atoms. The predicted molar refractivity (Wildman–Crippen MR) is 68.1 cm³/mol. The highest BCUT2D eigenvalue weighted by atomic mass is 16.5. The van der Waals surface area contributed by atoms with Gasteiger partial charge in [-0.2, -0.15) is 0 Å². The van der Waals surface area contributed by atoms with Crippen LogP contribution in [-0.2, 0) is 4.74 Å². The van der Waals surface area contributed by atoms with Gasteiger partial charge in [0.25, 0.3) is 0 Å². The van der Waals surface area contributed by atoms with Crippen molar-refractivity contribution in [3.63, 3.8) is 0 Å². The summed E-state index contributed by atoms with van der Waals surface area (Å²) in [6.45, 7) is 11.7. The lowest BCUT2D eigenvalue weighted by molar-refractivity contribution is 0.122. The number of aryl methyl sites for hydroxylation is 2. The van der Waals surface area contributed by atoms with Crippen molar-refractivity contribution in [2.75, 3.05) is 31.2 Å². The van der Waals surface area contributed by atoms with E-state index in [1.54, 1.807) is 0 Å². The number of morpholine rings is 1. The van der Waals surface area contributed by atoms with Gasteiger partial charge in [0.1, 0.15) is 0 Å². The monoisotopic (exact) mass is 222 g/mol. The largest absolute Gasteiger partial charge is 0.378 e. The van der Waals surface area contributed by atoms with E-state index in [0.717, 1.165) is 37.7 Å². The minimum Gasteiger partial charge on any atom is -0.378 e. The van der Waals surface area contributed by atoms with Crippen LogP contribution in [0.4, 0.5) is 5.69 Å². The molecule has 1 aromatic rings. The van der Waals surface area contributed by atoms with Crippen LogP contribution in [0.1, 0.15) is 25.2 Å². The first-order chi connectivity index (χ1) is 7.75. The highest BCUT2D eigenvalue weighted by molar-refractivity contribution is 5.48. The van der Waals surface area contributed by atoms with Crippen molar-refractivity contribution in [2.45, 2.75) is 27.7 Å². The van der Waals surface area contributed by atoms with Crippen molar-refractivity contribution in [1.29, 1.82) is 0 Å². The van der Waals surface area contributed by atoms with Gasteiger partial charge in [0.05, 0.1) is 13.2 Å². The number of rotatable bonds is 1. The zero-order valence-electron chi connectivity index (χ0n) is 10.8. The molecule has 0 bridgehead atoms. The van der Waals surface area contributed by atoms with Crippen LogP contribution in [0.3, 0.4) is 0 Å². The normalized spacial score (nSPS) is 15.4. The first-order valence-electron chi connectivity index (χ1n) is 6.04. The van der Waals surface area contributed by atoms with E-state index in [9.17, 15) is 0 Å². The average molecular weight is 222 g/mol. The molecule has 0 aromatic carbocycles. The summed E-state index contributed by atoms with van der Waals surface area (Å²) in [5, 5.41) is 0. The van der Waals surface area contributed by atoms with Gasteiger partial charge in [-0.1, -0.05) is 13.8 Å². The summed E-state index contributed by atoms with van der Waals surface area (Å²) < 4.78 is 5.32. The molecule has 0 radical (unpaired) electrons. The predicted octanol–water partition coefficient (Wildman–Crippen LogP) is 2.56. The van der Waals surface area contributed by atoms with Crippen molar-refractivity contribution in [3.8, 4) is 0 Å². The van der Waals surface area contributed by atoms with Crippen LogP contribution in [-0.4, -0.2) is 31.3 Å². The smallest absolute Gasteiger partial charge is 0.0642 e. The molecule has 1 aliphatic heterocycles. The summed E-state index contributed by atoms with van der Waals surface area (Å²) in [4.78, 5) is 6.72. The van der Waals surface area contributed by atoms with E-state index in [4.69, 9.17) is 4.74 Å². The summed E-state index contributed by atoms with van der Waals surface area (Å²) >= 11 is 0. The van der Waals surface area contributed by atoms with Crippen LogP contribution in [0.2, 0.25) is 0 Å². The van der Waals surface area contributed by atoms with E-state index in [2.05, 4.69) is 22.0 Å². The van der Waals surface area contributed by atoms with Crippen molar-refractivity contribution in [1.82, 2.24) is 4.98 Å². The third kappa shape index (κ3) is 3.49. The van der Waals surface area contributed by atoms with Gasteiger partial charge < -0.3 is 9.64 Å². The van der Waals surface area contributed by atoms with Gasteiger partial charge in [-0.3, -0.25) is 4.98 Å². The molecule has 3 nitrogen and oxygen atoms in total. The number of anilines is 1. The summed E-state index contributed by atoms with van der Waals surface area (Å²) in [6.07, 6.45) is 0. The summed E-state index contributed by atoms with van der Waals surface area (Å²) in [6, 6.07) is 4.27. The van der Waals surface area contributed by atoms with Gasteiger partial charge in [0.2, 0.25) is 0 Å². The minimum absolute atomic E-state index is 0.834. The highest BCUT2D eigenvalue weighted by Crippen LogP contribution is 2.17. The van der Waals surface area contributed by atoms with Gasteiger partial charge in [-0.15, -0.1) is 0 Å². The molecule has 0 unspecified atom stereocenters. The molecule has 16 heavy (non-hydrogen) atoms. The van der Waals surface area contributed by atoms with Gasteiger partial charge in [0.15, 0.2) is 0 Å². The molecule has 0 atom stereocenters. The number of pyridine rings is 1. The molecule has 1 aromatic heterocycles. The van der Waals surface area contributed by atoms with Crippen LogP contribution in [0, 0.1) is 13.8 Å². The first kappa shape index (κ1) is 13.0. The molecule has 0 saturated carbocycles. The molecule has 3 heteroatoms. The second kappa shape index (κ2) is 6.48. The van der Waals surface area contributed by atoms with E-state index in [1.165, 1.54) is 5.69 Å². The Balaban J connectivity index is 0.000000606. The van der Waals surface area contributed by atoms with Gasteiger partial charge in [0, 0.05) is 30.2 Å². The van der Waals surface area contributed by atoms with Crippen LogP contribution < -0.4 is 4.90 Å². The molecule has 1 saturated heterocycles. The molecule has 90 valence electrons. The maximum atomic E-state index is 5.32. The third-order valence-electron chi connectivity index (χ3n) is 2.44. The minimum atomic E-state index is 0.834. The fourth-order valence-electron chi connectivity index (χ4n) is 1.82. The summed E-state index contributed by atoms with van der Waals surface area (Å²) in [7, 11) is 0. The lowest BCUT2D eigenvalue weighted by Crippen LogP contribution is -2.36. The summed E-state index contributed by atoms with van der Waals surface area (Å²) in [5.74, 6) is 0. The molecule has 1 aliphatic rings. The van der Waals surface area contributed by atoms with E-state index in [-0.39, 0.29) is 0 Å². The van der Waals surface area contributed by atoms with Crippen LogP contribution in [0.5, 0.6) is 0 Å². The Morgan fingerprint density at radius 3 is 2.06 bits per heavy atom. The van der Waals surface area contributed by atoms with Crippen molar-refractivity contribution < 1.29 is 4.74 Å². The van der Waals surface area contributed by atoms with Crippen LogP contribution in [0.15, 0.2) is 12.1 Å².